The molecule has 1 aliphatic heterocycles. The van der Waals surface area contributed by atoms with Crippen LogP contribution in [0.1, 0.15) is 42.5 Å². The number of benzene rings is 1. The van der Waals surface area contributed by atoms with Crippen molar-refractivity contribution in [2.24, 2.45) is 0 Å². The summed E-state index contributed by atoms with van der Waals surface area (Å²) in [5.41, 5.74) is 5.77. The van der Waals surface area contributed by atoms with Crippen LogP contribution in [0.15, 0.2) is 18.2 Å². The third-order valence-corrected chi connectivity index (χ3v) is 4.36. The molecule has 2 aliphatic rings. The van der Waals surface area contributed by atoms with E-state index in [0.29, 0.717) is 0 Å². The first-order valence-electron chi connectivity index (χ1n) is 7.18. The summed E-state index contributed by atoms with van der Waals surface area (Å²) in [6.45, 7) is 4.10. The van der Waals surface area contributed by atoms with Gasteiger partial charge < -0.3 is 9.47 Å². The lowest BCUT2D eigenvalue weighted by atomic mass is 9.94. The summed E-state index contributed by atoms with van der Waals surface area (Å²) >= 11 is 0. The molecule has 0 radical (unpaired) electrons. The number of ether oxygens (including phenoxy) is 2. The van der Waals surface area contributed by atoms with E-state index in [-0.39, 0.29) is 0 Å². The quantitative estimate of drug-likeness (QED) is 0.771. The van der Waals surface area contributed by atoms with Gasteiger partial charge in [0.25, 0.3) is 0 Å². The van der Waals surface area contributed by atoms with E-state index in [1.165, 1.54) is 41.5 Å². The van der Waals surface area contributed by atoms with Crippen LogP contribution in [0, 0.1) is 0 Å². The van der Waals surface area contributed by atoms with E-state index in [4.69, 9.17) is 9.47 Å². The molecule has 1 atom stereocenters. The Kier molecular flexibility index (Phi) is 3.14. The molecule has 0 aromatic heterocycles. The predicted molar refractivity (Wildman–Crippen MR) is 76.7 cm³/mol. The Morgan fingerprint density at radius 3 is 2.95 bits per heavy atom. The second-order valence-corrected chi connectivity index (χ2v) is 5.72. The molecule has 0 spiro atoms. The summed E-state index contributed by atoms with van der Waals surface area (Å²) < 4.78 is 11.7. The Morgan fingerprint density at radius 1 is 1.37 bits per heavy atom. The lowest BCUT2D eigenvalue weighted by molar-refractivity contribution is -0.134. The van der Waals surface area contributed by atoms with E-state index in [2.05, 4.69) is 25.1 Å². The third kappa shape index (κ3) is 2.08. The number of rotatable bonds is 3. The Bertz CT molecular complexity index is 531. The van der Waals surface area contributed by atoms with E-state index in [1.807, 2.05) is 6.92 Å². The molecule has 0 bridgehead atoms. The average Bonchev–Trinajstić information content (AvgIpc) is 2.99. The lowest BCUT2D eigenvalue weighted by Gasteiger charge is -2.22. The van der Waals surface area contributed by atoms with Crippen molar-refractivity contribution in [2.45, 2.75) is 51.7 Å². The highest BCUT2D eigenvalue weighted by atomic mass is 16.7. The first-order chi connectivity index (χ1) is 9.17. The normalized spacial score (nSPS) is 24.6. The fourth-order valence-corrected chi connectivity index (χ4v) is 3.28. The molecule has 102 valence electrons. The minimum absolute atomic E-state index is 0.481. The number of aryl methyl sites for hydroxylation is 1. The number of fused-ring (bicyclic) bond motifs is 3. The molecule has 2 heteroatoms. The molecule has 0 amide bonds. The highest BCUT2D eigenvalue weighted by Gasteiger charge is 2.38. The smallest absolute Gasteiger partial charge is 0.211 e. The molecule has 0 saturated heterocycles. The van der Waals surface area contributed by atoms with Crippen molar-refractivity contribution in [1.29, 1.82) is 0 Å². The fraction of sp³-hybridized carbons (Fsp3) is 0.529. The Labute approximate surface area is 115 Å². The highest BCUT2D eigenvalue weighted by Crippen LogP contribution is 2.44. The van der Waals surface area contributed by atoms with Crippen LogP contribution in [-0.2, 0) is 30.4 Å². The highest BCUT2D eigenvalue weighted by molar-refractivity contribution is 5.55. The van der Waals surface area contributed by atoms with Crippen molar-refractivity contribution in [3.8, 4) is 5.75 Å². The first-order valence-corrected chi connectivity index (χ1v) is 7.18. The molecular weight excluding hydrogens is 236 g/mol. The number of hydrogen-bond acceptors (Lipinski definition) is 2. The maximum absolute atomic E-state index is 6.14. The minimum atomic E-state index is -0.481. The average molecular weight is 258 g/mol. The van der Waals surface area contributed by atoms with Crippen molar-refractivity contribution >= 4 is 0 Å². The molecule has 0 N–H and O–H groups in total. The molecule has 1 aromatic rings. The van der Waals surface area contributed by atoms with Gasteiger partial charge in [-0.2, -0.15) is 0 Å². The SMILES string of the molecule is C/C=C/Cc1cc2c(c3c1OC(C)(OC)C3)CCC2. The monoisotopic (exact) mass is 258 g/mol. The zero-order valence-electron chi connectivity index (χ0n) is 12.1. The molecule has 1 aromatic carbocycles. The van der Waals surface area contributed by atoms with Gasteiger partial charge in [-0.3, -0.25) is 0 Å². The van der Waals surface area contributed by atoms with E-state index in [0.717, 1.165) is 18.6 Å². The van der Waals surface area contributed by atoms with Gasteiger partial charge in [0.05, 0.1) is 0 Å². The summed E-state index contributed by atoms with van der Waals surface area (Å²) in [6.07, 6.45) is 9.82. The summed E-state index contributed by atoms with van der Waals surface area (Å²) in [7, 11) is 1.73. The maximum Gasteiger partial charge on any atom is 0.211 e. The summed E-state index contributed by atoms with van der Waals surface area (Å²) in [6, 6.07) is 2.35. The second-order valence-electron chi connectivity index (χ2n) is 5.72. The second kappa shape index (κ2) is 4.68. The van der Waals surface area contributed by atoms with Crippen molar-refractivity contribution in [2.75, 3.05) is 7.11 Å². The van der Waals surface area contributed by atoms with Crippen LogP contribution in [-0.4, -0.2) is 12.9 Å². The van der Waals surface area contributed by atoms with Gasteiger partial charge in [-0.05, 0) is 49.3 Å². The molecule has 3 rings (SSSR count). The zero-order chi connectivity index (χ0) is 13.5. The van der Waals surface area contributed by atoms with Crippen LogP contribution in [0.2, 0.25) is 0 Å². The standard InChI is InChI=1S/C17H22O2/c1-4-5-7-13-10-12-8-6-9-14(12)15-11-17(2,18-3)19-16(13)15/h4-5,10H,6-9,11H2,1-3H3/b5-4+. The van der Waals surface area contributed by atoms with Crippen LogP contribution < -0.4 is 4.74 Å². The van der Waals surface area contributed by atoms with Gasteiger partial charge in [0.15, 0.2) is 0 Å². The maximum atomic E-state index is 6.14. The first kappa shape index (κ1) is 12.7. The Morgan fingerprint density at radius 2 is 2.21 bits per heavy atom. The third-order valence-electron chi connectivity index (χ3n) is 4.36. The van der Waals surface area contributed by atoms with Crippen LogP contribution in [0.25, 0.3) is 0 Å². The summed E-state index contributed by atoms with van der Waals surface area (Å²) in [5.74, 6) is 0.605. The van der Waals surface area contributed by atoms with E-state index in [1.54, 1.807) is 7.11 Å². The molecule has 1 heterocycles. The Hall–Kier alpha value is -1.28. The van der Waals surface area contributed by atoms with Crippen LogP contribution in [0.5, 0.6) is 5.75 Å². The lowest BCUT2D eigenvalue weighted by Crippen LogP contribution is -2.32. The van der Waals surface area contributed by atoms with Gasteiger partial charge in [-0.1, -0.05) is 18.2 Å². The molecule has 0 saturated carbocycles. The Balaban J connectivity index is 2.08. The van der Waals surface area contributed by atoms with Crippen LogP contribution >= 0.6 is 0 Å². The molecule has 1 aliphatic carbocycles. The predicted octanol–water partition coefficient (Wildman–Crippen LogP) is 3.59. The van der Waals surface area contributed by atoms with E-state index >= 15 is 0 Å². The van der Waals surface area contributed by atoms with Crippen molar-refractivity contribution < 1.29 is 9.47 Å². The van der Waals surface area contributed by atoms with Crippen LogP contribution in [0.4, 0.5) is 0 Å². The van der Waals surface area contributed by atoms with Crippen molar-refractivity contribution in [3.05, 3.63) is 40.5 Å². The van der Waals surface area contributed by atoms with Gasteiger partial charge in [0.2, 0.25) is 5.79 Å². The number of hydrogen-bond donors (Lipinski definition) is 0. The van der Waals surface area contributed by atoms with Gasteiger partial charge in [-0.25, -0.2) is 0 Å². The number of methoxy groups -OCH3 is 1. The minimum Gasteiger partial charge on any atom is -0.462 e. The van der Waals surface area contributed by atoms with E-state index in [9.17, 15) is 0 Å². The van der Waals surface area contributed by atoms with Gasteiger partial charge in [0.1, 0.15) is 5.75 Å². The van der Waals surface area contributed by atoms with Crippen molar-refractivity contribution in [3.63, 3.8) is 0 Å². The van der Waals surface area contributed by atoms with Gasteiger partial charge in [0, 0.05) is 26.0 Å². The van der Waals surface area contributed by atoms with Crippen LogP contribution in [0.3, 0.4) is 0 Å². The topological polar surface area (TPSA) is 18.5 Å². The molecule has 1 unspecified atom stereocenters. The molecule has 2 nitrogen and oxygen atoms in total. The van der Waals surface area contributed by atoms with Gasteiger partial charge >= 0.3 is 0 Å². The number of allylic oxidation sites excluding steroid dienone is 2. The van der Waals surface area contributed by atoms with Crippen molar-refractivity contribution in [1.82, 2.24) is 0 Å². The fourth-order valence-electron chi connectivity index (χ4n) is 3.28. The zero-order valence-corrected chi connectivity index (χ0v) is 12.1. The van der Waals surface area contributed by atoms with Gasteiger partial charge in [-0.15, -0.1) is 0 Å². The summed E-state index contributed by atoms with van der Waals surface area (Å²) in [4.78, 5) is 0. The van der Waals surface area contributed by atoms with E-state index < -0.39 is 5.79 Å². The molecule has 19 heavy (non-hydrogen) atoms. The largest absolute Gasteiger partial charge is 0.462 e. The summed E-state index contributed by atoms with van der Waals surface area (Å²) in [5, 5.41) is 0. The molecule has 0 fully saturated rings. The molecular formula is C17H22O2.